The Morgan fingerprint density at radius 1 is 0.703 bits per heavy atom. The maximum atomic E-state index is 13.6. The topological polar surface area (TPSA) is 67.1 Å². The van der Waals surface area contributed by atoms with Crippen LogP contribution in [0.5, 0.6) is 23.0 Å². The molecule has 5 rings (SSSR count). The summed E-state index contributed by atoms with van der Waals surface area (Å²) < 4.78 is 29.2. The van der Waals surface area contributed by atoms with Gasteiger partial charge >= 0.3 is 0 Å². The van der Waals surface area contributed by atoms with Gasteiger partial charge in [0.05, 0.1) is 19.6 Å². The molecular weight excluding hydrogens is 468 g/mol. The van der Waals surface area contributed by atoms with Crippen LogP contribution in [0.15, 0.2) is 82.0 Å². The number of fused-ring (bicyclic) bond motifs is 2. The Bertz CT molecular complexity index is 1640. The van der Waals surface area contributed by atoms with Crippen molar-refractivity contribution < 1.29 is 23.4 Å². The molecule has 5 aromatic rings. The monoisotopic (exact) mass is 496 g/mol. The second-order valence-electron chi connectivity index (χ2n) is 8.77. The third-order valence-corrected chi connectivity index (χ3v) is 6.45. The summed E-state index contributed by atoms with van der Waals surface area (Å²) in [6.07, 6.45) is 0. The lowest BCUT2D eigenvalue weighted by molar-refractivity contribution is 0.216. The average Bonchev–Trinajstić information content (AvgIpc) is 2.92. The van der Waals surface area contributed by atoms with Crippen molar-refractivity contribution in [1.82, 2.24) is 0 Å². The minimum Gasteiger partial charge on any atom is -0.493 e. The standard InChI is InChI=1S/C31H28O6/c1-19-16-24-27(17-20(19)2)37-30(22-12-13-26(33-3)28(18-22)34-4)31(29(24)32)36-15-14-35-25-11-7-9-21-8-5-6-10-23(21)25/h5-13,16-18H,14-15H2,1-4H3. The van der Waals surface area contributed by atoms with Crippen LogP contribution in [0, 0.1) is 13.8 Å². The van der Waals surface area contributed by atoms with Gasteiger partial charge in [-0.3, -0.25) is 4.79 Å². The normalized spacial score (nSPS) is 11.0. The highest BCUT2D eigenvalue weighted by Gasteiger charge is 2.20. The van der Waals surface area contributed by atoms with Crippen molar-refractivity contribution >= 4 is 21.7 Å². The average molecular weight is 497 g/mol. The number of aryl methyl sites for hydroxylation is 2. The molecule has 1 heterocycles. The third kappa shape index (κ3) is 4.70. The molecular formula is C31H28O6. The van der Waals surface area contributed by atoms with E-state index in [1.165, 1.54) is 0 Å². The van der Waals surface area contributed by atoms with Crippen molar-refractivity contribution in [2.75, 3.05) is 27.4 Å². The molecule has 0 aliphatic rings. The van der Waals surface area contributed by atoms with Crippen LogP contribution in [-0.2, 0) is 0 Å². The summed E-state index contributed by atoms with van der Waals surface area (Å²) in [6.45, 7) is 4.36. The van der Waals surface area contributed by atoms with Crippen LogP contribution in [0.2, 0.25) is 0 Å². The fraction of sp³-hybridized carbons (Fsp3) is 0.194. The van der Waals surface area contributed by atoms with Crippen LogP contribution in [-0.4, -0.2) is 27.4 Å². The summed E-state index contributed by atoms with van der Waals surface area (Å²) in [5.41, 5.74) is 2.94. The first-order chi connectivity index (χ1) is 18.0. The van der Waals surface area contributed by atoms with Crippen LogP contribution in [0.3, 0.4) is 0 Å². The van der Waals surface area contributed by atoms with Gasteiger partial charge in [0.15, 0.2) is 17.3 Å². The molecule has 0 aliphatic carbocycles. The molecule has 0 saturated heterocycles. The molecule has 0 saturated carbocycles. The first-order valence-electron chi connectivity index (χ1n) is 12.0. The van der Waals surface area contributed by atoms with Gasteiger partial charge in [-0.25, -0.2) is 0 Å². The van der Waals surface area contributed by atoms with Gasteiger partial charge in [-0.05, 0) is 66.8 Å². The molecule has 0 bridgehead atoms. The van der Waals surface area contributed by atoms with E-state index in [1.54, 1.807) is 26.4 Å². The number of ether oxygens (including phenoxy) is 4. The summed E-state index contributed by atoms with van der Waals surface area (Å²) >= 11 is 0. The maximum absolute atomic E-state index is 13.6. The Morgan fingerprint density at radius 2 is 1.43 bits per heavy atom. The van der Waals surface area contributed by atoms with Crippen molar-refractivity contribution in [3.05, 3.63) is 94.1 Å². The molecule has 0 unspecified atom stereocenters. The van der Waals surface area contributed by atoms with E-state index >= 15 is 0 Å². The van der Waals surface area contributed by atoms with Crippen LogP contribution in [0.25, 0.3) is 33.1 Å². The Hall–Kier alpha value is -4.45. The zero-order valence-corrected chi connectivity index (χ0v) is 21.3. The van der Waals surface area contributed by atoms with E-state index in [0.29, 0.717) is 33.8 Å². The molecule has 0 N–H and O–H groups in total. The van der Waals surface area contributed by atoms with Crippen molar-refractivity contribution in [3.63, 3.8) is 0 Å². The highest BCUT2D eigenvalue weighted by molar-refractivity contribution is 5.88. The molecule has 6 heteroatoms. The molecule has 0 amide bonds. The van der Waals surface area contributed by atoms with Gasteiger partial charge in [-0.2, -0.15) is 0 Å². The van der Waals surface area contributed by atoms with Crippen molar-refractivity contribution in [3.8, 4) is 34.3 Å². The lowest BCUT2D eigenvalue weighted by atomic mass is 10.0. The zero-order valence-electron chi connectivity index (χ0n) is 21.3. The Balaban J connectivity index is 1.50. The first kappa shape index (κ1) is 24.3. The van der Waals surface area contributed by atoms with E-state index in [1.807, 2.05) is 74.5 Å². The van der Waals surface area contributed by atoms with Gasteiger partial charge in [0.25, 0.3) is 0 Å². The molecule has 0 fully saturated rings. The second-order valence-corrected chi connectivity index (χ2v) is 8.77. The third-order valence-electron chi connectivity index (χ3n) is 6.45. The number of hydrogen-bond acceptors (Lipinski definition) is 6. The molecule has 188 valence electrons. The maximum Gasteiger partial charge on any atom is 0.235 e. The van der Waals surface area contributed by atoms with E-state index in [2.05, 4.69) is 0 Å². The molecule has 0 atom stereocenters. The predicted molar refractivity (Wildman–Crippen MR) is 145 cm³/mol. The summed E-state index contributed by atoms with van der Waals surface area (Å²) in [7, 11) is 3.13. The predicted octanol–water partition coefficient (Wildman–Crippen LogP) is 6.71. The summed E-state index contributed by atoms with van der Waals surface area (Å²) in [4.78, 5) is 13.6. The number of benzene rings is 4. The summed E-state index contributed by atoms with van der Waals surface area (Å²) in [6, 6.07) is 23.0. The molecule has 0 spiro atoms. The smallest absolute Gasteiger partial charge is 0.235 e. The second kappa shape index (κ2) is 10.3. The zero-order chi connectivity index (χ0) is 25.9. The van der Waals surface area contributed by atoms with E-state index in [9.17, 15) is 4.79 Å². The molecule has 1 aromatic heterocycles. The summed E-state index contributed by atoms with van der Waals surface area (Å²) in [5.74, 6) is 2.31. The SMILES string of the molecule is COc1ccc(-c2oc3cc(C)c(C)cc3c(=O)c2OCCOc2cccc3ccccc23)cc1OC. The number of methoxy groups -OCH3 is 2. The van der Waals surface area contributed by atoms with Crippen LogP contribution >= 0.6 is 0 Å². The minimum absolute atomic E-state index is 0.129. The summed E-state index contributed by atoms with van der Waals surface area (Å²) in [5, 5.41) is 2.59. The molecule has 4 aromatic carbocycles. The van der Waals surface area contributed by atoms with Gasteiger partial charge in [-0.15, -0.1) is 0 Å². The fourth-order valence-electron chi connectivity index (χ4n) is 4.35. The van der Waals surface area contributed by atoms with Crippen LogP contribution < -0.4 is 24.4 Å². The Labute approximate surface area is 215 Å². The van der Waals surface area contributed by atoms with Crippen LogP contribution in [0.1, 0.15) is 11.1 Å². The van der Waals surface area contributed by atoms with Gasteiger partial charge in [-0.1, -0.05) is 36.4 Å². The van der Waals surface area contributed by atoms with Crippen LogP contribution in [0.4, 0.5) is 0 Å². The highest BCUT2D eigenvalue weighted by Crippen LogP contribution is 2.37. The van der Waals surface area contributed by atoms with Gasteiger partial charge in [0.1, 0.15) is 24.5 Å². The quantitative estimate of drug-likeness (QED) is 0.223. The lowest BCUT2D eigenvalue weighted by Crippen LogP contribution is -2.15. The van der Waals surface area contributed by atoms with E-state index in [4.69, 9.17) is 23.4 Å². The highest BCUT2D eigenvalue weighted by atomic mass is 16.5. The van der Waals surface area contributed by atoms with Crippen molar-refractivity contribution in [2.24, 2.45) is 0 Å². The van der Waals surface area contributed by atoms with E-state index in [0.717, 1.165) is 27.6 Å². The lowest BCUT2D eigenvalue weighted by Gasteiger charge is -2.15. The van der Waals surface area contributed by atoms with E-state index in [-0.39, 0.29) is 24.4 Å². The molecule has 6 nitrogen and oxygen atoms in total. The van der Waals surface area contributed by atoms with Gasteiger partial charge in [0.2, 0.25) is 11.2 Å². The fourth-order valence-corrected chi connectivity index (χ4v) is 4.35. The van der Waals surface area contributed by atoms with Gasteiger partial charge < -0.3 is 23.4 Å². The van der Waals surface area contributed by atoms with Crippen molar-refractivity contribution in [1.29, 1.82) is 0 Å². The largest absolute Gasteiger partial charge is 0.493 e. The Kier molecular flexibility index (Phi) is 6.73. The Morgan fingerprint density at radius 3 is 2.24 bits per heavy atom. The minimum atomic E-state index is -0.237. The van der Waals surface area contributed by atoms with E-state index < -0.39 is 0 Å². The first-order valence-corrected chi connectivity index (χ1v) is 12.0. The van der Waals surface area contributed by atoms with Gasteiger partial charge in [0, 0.05) is 10.9 Å². The molecule has 0 radical (unpaired) electrons. The molecule has 37 heavy (non-hydrogen) atoms. The number of rotatable bonds is 8. The van der Waals surface area contributed by atoms with Crippen molar-refractivity contribution in [2.45, 2.75) is 13.8 Å². The number of hydrogen-bond donors (Lipinski definition) is 0. The molecule has 0 aliphatic heterocycles.